The van der Waals surface area contributed by atoms with Crippen molar-refractivity contribution in [3.63, 3.8) is 0 Å². The van der Waals surface area contributed by atoms with Gasteiger partial charge >= 0.3 is 0 Å². The molecule has 2 nitrogen and oxygen atoms in total. The summed E-state index contributed by atoms with van der Waals surface area (Å²) in [5.74, 6) is 0.750. The number of ether oxygens (including phenoxy) is 1. The van der Waals surface area contributed by atoms with Crippen LogP contribution in [-0.2, 0) is 6.42 Å². The minimum atomic E-state index is -2.53. The zero-order valence-electron chi connectivity index (χ0n) is 9.76. The first-order valence-electron chi connectivity index (χ1n) is 5.07. The zero-order chi connectivity index (χ0) is 12.3. The molecule has 16 heavy (non-hydrogen) atoms. The molecule has 0 aliphatic heterocycles. The van der Waals surface area contributed by atoms with E-state index in [1.807, 2.05) is 13.0 Å². The fourth-order valence-corrected chi connectivity index (χ4v) is 1.57. The van der Waals surface area contributed by atoms with Crippen molar-refractivity contribution in [2.24, 2.45) is 5.73 Å². The van der Waals surface area contributed by atoms with Crippen molar-refractivity contribution in [2.45, 2.75) is 32.2 Å². The predicted octanol–water partition coefficient (Wildman–Crippen LogP) is 2.53. The second-order valence-corrected chi connectivity index (χ2v) is 4.29. The highest BCUT2D eigenvalue weighted by molar-refractivity contribution is 5.36. The van der Waals surface area contributed by atoms with Crippen molar-refractivity contribution < 1.29 is 13.5 Å². The van der Waals surface area contributed by atoms with E-state index < -0.39 is 12.0 Å². The molecule has 0 saturated heterocycles. The highest BCUT2D eigenvalue weighted by Gasteiger charge is 2.30. The minimum Gasteiger partial charge on any atom is -0.496 e. The Hall–Kier alpha value is -1.16. The molecule has 0 aromatic heterocycles. The fraction of sp³-hybridized carbons (Fsp3) is 0.500. The number of halogens is 2. The van der Waals surface area contributed by atoms with Crippen LogP contribution in [0.1, 0.15) is 18.1 Å². The molecule has 1 aromatic rings. The Morgan fingerprint density at radius 2 is 2.06 bits per heavy atom. The van der Waals surface area contributed by atoms with Crippen LogP contribution < -0.4 is 10.5 Å². The molecule has 0 aliphatic rings. The number of methoxy groups -OCH3 is 1. The summed E-state index contributed by atoms with van der Waals surface area (Å²) in [7, 11) is 1.58. The predicted molar refractivity (Wildman–Crippen MR) is 60.0 cm³/mol. The second kappa shape index (κ2) is 4.78. The van der Waals surface area contributed by atoms with Crippen LogP contribution in [0.5, 0.6) is 5.75 Å². The molecule has 0 saturated carbocycles. The number of rotatable bonds is 4. The molecule has 0 spiro atoms. The number of nitrogens with two attached hydrogens (primary N) is 1. The Kier molecular flexibility index (Phi) is 3.86. The summed E-state index contributed by atoms with van der Waals surface area (Å²) in [6.45, 7) is 3.23. The molecular formula is C12H17F2NO. The first-order valence-corrected chi connectivity index (χ1v) is 5.07. The molecule has 0 radical (unpaired) electrons. The third-order valence-electron chi connectivity index (χ3n) is 2.54. The topological polar surface area (TPSA) is 35.2 Å². The smallest absolute Gasteiger partial charge is 0.256 e. The van der Waals surface area contributed by atoms with E-state index in [-0.39, 0.29) is 6.42 Å². The number of hydrogen-bond donors (Lipinski definition) is 1. The lowest BCUT2D eigenvalue weighted by Crippen LogP contribution is -2.45. The molecule has 4 heteroatoms. The molecular weight excluding hydrogens is 212 g/mol. The first kappa shape index (κ1) is 12.9. The fourth-order valence-electron chi connectivity index (χ4n) is 1.57. The van der Waals surface area contributed by atoms with E-state index in [1.54, 1.807) is 19.2 Å². The van der Waals surface area contributed by atoms with Gasteiger partial charge in [0.25, 0.3) is 6.43 Å². The SMILES string of the molecule is COc1ccc(CC(C)(N)C(F)F)cc1C. The third kappa shape index (κ3) is 2.92. The van der Waals surface area contributed by atoms with E-state index in [1.165, 1.54) is 6.92 Å². The van der Waals surface area contributed by atoms with Gasteiger partial charge in [0.15, 0.2) is 0 Å². The van der Waals surface area contributed by atoms with Crippen LogP contribution in [0.3, 0.4) is 0 Å². The second-order valence-electron chi connectivity index (χ2n) is 4.29. The van der Waals surface area contributed by atoms with Gasteiger partial charge in [-0.05, 0) is 37.5 Å². The van der Waals surface area contributed by atoms with Gasteiger partial charge in [-0.1, -0.05) is 12.1 Å². The van der Waals surface area contributed by atoms with Gasteiger partial charge in [-0.2, -0.15) is 0 Å². The van der Waals surface area contributed by atoms with Crippen molar-refractivity contribution in [1.82, 2.24) is 0 Å². The third-order valence-corrected chi connectivity index (χ3v) is 2.54. The molecule has 0 fully saturated rings. The number of hydrogen-bond acceptors (Lipinski definition) is 2. The molecule has 0 aliphatic carbocycles. The monoisotopic (exact) mass is 229 g/mol. The Morgan fingerprint density at radius 1 is 1.44 bits per heavy atom. The van der Waals surface area contributed by atoms with E-state index in [9.17, 15) is 8.78 Å². The Labute approximate surface area is 94.4 Å². The maximum Gasteiger partial charge on any atom is 0.256 e. The molecule has 90 valence electrons. The van der Waals surface area contributed by atoms with E-state index in [0.717, 1.165) is 16.9 Å². The Bertz CT molecular complexity index is 364. The van der Waals surface area contributed by atoms with Gasteiger partial charge in [0.2, 0.25) is 0 Å². The summed E-state index contributed by atoms with van der Waals surface area (Å²) in [6.07, 6.45) is -2.38. The van der Waals surface area contributed by atoms with Crippen LogP contribution in [0, 0.1) is 6.92 Å². The zero-order valence-corrected chi connectivity index (χ0v) is 9.76. The quantitative estimate of drug-likeness (QED) is 0.861. The normalized spacial score (nSPS) is 14.9. The van der Waals surface area contributed by atoms with E-state index in [2.05, 4.69) is 0 Å². The number of alkyl halides is 2. The van der Waals surface area contributed by atoms with Gasteiger partial charge in [0.1, 0.15) is 5.75 Å². The van der Waals surface area contributed by atoms with E-state index in [4.69, 9.17) is 10.5 Å². The highest BCUT2D eigenvalue weighted by atomic mass is 19.3. The Morgan fingerprint density at radius 3 is 2.50 bits per heavy atom. The molecule has 1 rings (SSSR count). The van der Waals surface area contributed by atoms with Crippen molar-refractivity contribution in [2.75, 3.05) is 7.11 Å². The van der Waals surface area contributed by atoms with Crippen LogP contribution in [0.15, 0.2) is 18.2 Å². The molecule has 1 aromatic carbocycles. The van der Waals surface area contributed by atoms with Gasteiger partial charge in [0.05, 0.1) is 12.6 Å². The van der Waals surface area contributed by atoms with Crippen LogP contribution >= 0.6 is 0 Å². The maximum atomic E-state index is 12.6. The molecule has 0 amide bonds. The van der Waals surface area contributed by atoms with Crippen LogP contribution in [-0.4, -0.2) is 19.1 Å². The van der Waals surface area contributed by atoms with Crippen LogP contribution in [0.2, 0.25) is 0 Å². The standard InChI is InChI=1S/C12H17F2NO/c1-8-6-9(4-5-10(8)16-3)7-12(2,15)11(13)14/h4-6,11H,7,15H2,1-3H3. The average molecular weight is 229 g/mol. The number of benzene rings is 1. The molecule has 1 atom stereocenters. The van der Waals surface area contributed by atoms with Crippen molar-refractivity contribution in [3.8, 4) is 5.75 Å². The molecule has 0 bridgehead atoms. The molecule has 2 N–H and O–H groups in total. The van der Waals surface area contributed by atoms with Gasteiger partial charge in [-0.3, -0.25) is 0 Å². The summed E-state index contributed by atoms with van der Waals surface area (Å²) in [4.78, 5) is 0. The van der Waals surface area contributed by atoms with E-state index >= 15 is 0 Å². The van der Waals surface area contributed by atoms with Crippen LogP contribution in [0.4, 0.5) is 8.78 Å². The molecule has 1 unspecified atom stereocenters. The first-order chi connectivity index (χ1) is 7.36. The Balaban J connectivity index is 2.87. The summed E-state index contributed by atoms with van der Waals surface area (Å²) in [5, 5.41) is 0. The summed E-state index contributed by atoms with van der Waals surface area (Å²) in [5.41, 5.74) is 5.76. The van der Waals surface area contributed by atoms with Crippen molar-refractivity contribution >= 4 is 0 Å². The van der Waals surface area contributed by atoms with Crippen LogP contribution in [0.25, 0.3) is 0 Å². The average Bonchev–Trinajstić information content (AvgIpc) is 2.17. The van der Waals surface area contributed by atoms with Crippen molar-refractivity contribution in [3.05, 3.63) is 29.3 Å². The summed E-state index contributed by atoms with van der Waals surface area (Å²) < 4.78 is 30.3. The lowest BCUT2D eigenvalue weighted by molar-refractivity contribution is 0.0639. The summed E-state index contributed by atoms with van der Waals surface area (Å²) >= 11 is 0. The highest BCUT2D eigenvalue weighted by Crippen LogP contribution is 2.23. The van der Waals surface area contributed by atoms with Gasteiger partial charge < -0.3 is 10.5 Å². The lowest BCUT2D eigenvalue weighted by atomic mass is 9.93. The van der Waals surface area contributed by atoms with Gasteiger partial charge in [0, 0.05) is 0 Å². The van der Waals surface area contributed by atoms with Crippen molar-refractivity contribution in [1.29, 1.82) is 0 Å². The van der Waals surface area contributed by atoms with Gasteiger partial charge in [-0.15, -0.1) is 0 Å². The number of aryl methyl sites for hydroxylation is 1. The summed E-state index contributed by atoms with van der Waals surface area (Å²) in [6, 6.07) is 5.36. The lowest BCUT2D eigenvalue weighted by Gasteiger charge is -2.23. The largest absolute Gasteiger partial charge is 0.496 e. The van der Waals surface area contributed by atoms with Gasteiger partial charge in [-0.25, -0.2) is 8.78 Å². The molecule has 0 heterocycles. The van der Waals surface area contributed by atoms with E-state index in [0.29, 0.717) is 0 Å². The maximum absolute atomic E-state index is 12.6. The minimum absolute atomic E-state index is 0.148.